The monoisotopic (exact) mass is 543 g/mol. The maximum atomic E-state index is 14.3. The molecular formula is C30H45N3O4S. The molecule has 210 valence electrons. The van der Waals surface area contributed by atoms with Crippen molar-refractivity contribution in [3.05, 3.63) is 15.8 Å². The summed E-state index contributed by atoms with van der Waals surface area (Å²) in [6, 6.07) is 1.18. The van der Waals surface area contributed by atoms with Gasteiger partial charge in [-0.15, -0.1) is 11.3 Å². The Hall–Kier alpha value is -2.37. The van der Waals surface area contributed by atoms with Crippen molar-refractivity contribution in [3.63, 3.8) is 0 Å². The second-order valence-electron chi connectivity index (χ2n) is 12.1. The minimum atomic E-state index is -0.645. The van der Waals surface area contributed by atoms with Crippen LogP contribution in [0.3, 0.4) is 0 Å². The van der Waals surface area contributed by atoms with Gasteiger partial charge in [-0.25, -0.2) is 4.79 Å². The van der Waals surface area contributed by atoms with Crippen LogP contribution in [0.5, 0.6) is 0 Å². The number of nitrogens with zero attached hydrogens (tertiary/aromatic N) is 3. The Balaban J connectivity index is 2.10. The van der Waals surface area contributed by atoms with Crippen molar-refractivity contribution in [3.8, 4) is 11.8 Å². The molecule has 0 aromatic carbocycles. The molecule has 1 aliphatic carbocycles. The van der Waals surface area contributed by atoms with Gasteiger partial charge in [0.2, 0.25) is 11.8 Å². The van der Waals surface area contributed by atoms with Crippen molar-refractivity contribution in [2.45, 2.75) is 78.7 Å². The van der Waals surface area contributed by atoms with Gasteiger partial charge in [0.25, 0.3) is 0 Å². The second kappa shape index (κ2) is 13.1. The number of likely N-dealkylation sites (tertiary alicyclic amines) is 1. The highest BCUT2D eigenvalue weighted by atomic mass is 32.1. The lowest BCUT2D eigenvalue weighted by Gasteiger charge is -2.37. The van der Waals surface area contributed by atoms with E-state index < -0.39 is 12.0 Å². The van der Waals surface area contributed by atoms with Gasteiger partial charge >= 0.3 is 5.97 Å². The largest absolute Gasteiger partial charge is 0.465 e. The summed E-state index contributed by atoms with van der Waals surface area (Å²) in [5.41, 5.74) is 0.255. The number of carbonyl (C=O) groups excluding carboxylic acids is 3. The number of rotatable bonds is 7. The minimum Gasteiger partial charge on any atom is -0.465 e. The Labute approximate surface area is 232 Å². The van der Waals surface area contributed by atoms with E-state index in [4.69, 9.17) is 4.74 Å². The van der Waals surface area contributed by atoms with Crippen LogP contribution < -0.4 is 4.90 Å². The van der Waals surface area contributed by atoms with Gasteiger partial charge in [-0.3, -0.25) is 14.5 Å². The average Bonchev–Trinajstić information content (AvgIpc) is 3.20. The van der Waals surface area contributed by atoms with E-state index in [1.165, 1.54) is 18.4 Å². The molecule has 2 amide bonds. The van der Waals surface area contributed by atoms with Crippen LogP contribution in [0.4, 0.5) is 5.69 Å². The third-order valence-corrected chi connectivity index (χ3v) is 8.41. The first kappa shape index (κ1) is 30.2. The van der Waals surface area contributed by atoms with Crippen molar-refractivity contribution in [2.75, 3.05) is 45.7 Å². The fourth-order valence-electron chi connectivity index (χ4n) is 5.12. The lowest BCUT2D eigenvalue weighted by atomic mass is 9.82. The molecule has 2 heterocycles. The van der Waals surface area contributed by atoms with E-state index in [-0.39, 0.29) is 23.1 Å². The summed E-state index contributed by atoms with van der Waals surface area (Å²) in [5.74, 6) is 6.27. The summed E-state index contributed by atoms with van der Waals surface area (Å²) >= 11 is 1.24. The summed E-state index contributed by atoms with van der Waals surface area (Å²) in [4.78, 5) is 47.9. The Morgan fingerprint density at radius 1 is 1.13 bits per heavy atom. The van der Waals surface area contributed by atoms with Gasteiger partial charge in [-0.2, -0.15) is 0 Å². The standard InChI is InChI=1S/C30H45N3O4S/c1-21-11-13-22(14-12-21)27(34)33(24-10-8-9-17-32(28(24)35)19-18-31(5)6)25-20-23(15-16-30(2,3)4)38-26(25)29(36)37-7/h20-22,24H,8-14,17-19H2,1-7H3/t21-,22-,24?. The Morgan fingerprint density at radius 2 is 1.82 bits per heavy atom. The van der Waals surface area contributed by atoms with Crippen LogP contribution in [-0.2, 0) is 14.3 Å². The molecule has 1 atom stereocenters. The van der Waals surface area contributed by atoms with E-state index in [1.807, 2.05) is 45.8 Å². The molecule has 1 aromatic heterocycles. The zero-order valence-electron chi connectivity index (χ0n) is 24.3. The molecule has 2 fully saturated rings. The Morgan fingerprint density at radius 3 is 2.42 bits per heavy atom. The number of esters is 1. The van der Waals surface area contributed by atoms with E-state index in [0.29, 0.717) is 40.9 Å². The molecule has 0 spiro atoms. The molecule has 0 N–H and O–H groups in total. The highest BCUT2D eigenvalue weighted by molar-refractivity contribution is 7.15. The first-order valence-electron chi connectivity index (χ1n) is 13.9. The number of hydrogen-bond acceptors (Lipinski definition) is 6. The highest BCUT2D eigenvalue weighted by Crippen LogP contribution is 2.38. The fraction of sp³-hybridized carbons (Fsp3) is 0.700. The van der Waals surface area contributed by atoms with Crippen LogP contribution in [0, 0.1) is 29.1 Å². The number of methoxy groups -OCH3 is 1. The number of carbonyl (C=O) groups is 3. The quantitative estimate of drug-likeness (QED) is 0.356. The van der Waals surface area contributed by atoms with Gasteiger partial charge in [-0.1, -0.05) is 18.8 Å². The SMILES string of the molecule is COC(=O)c1sc(C#CC(C)(C)C)cc1N(C(=O)[C@H]1CC[C@H](C)CC1)C1CCCCN(CCN(C)C)C1=O. The van der Waals surface area contributed by atoms with Gasteiger partial charge < -0.3 is 14.5 Å². The molecule has 0 radical (unpaired) electrons. The van der Waals surface area contributed by atoms with E-state index in [0.717, 1.165) is 45.1 Å². The smallest absolute Gasteiger partial charge is 0.350 e. The van der Waals surface area contributed by atoms with Crippen molar-refractivity contribution in [1.82, 2.24) is 9.80 Å². The first-order chi connectivity index (χ1) is 17.9. The number of amides is 2. The maximum absolute atomic E-state index is 14.3. The molecule has 3 rings (SSSR count). The second-order valence-corrected chi connectivity index (χ2v) is 13.2. The normalized spacial score (nSPS) is 22.5. The van der Waals surface area contributed by atoms with Gasteiger partial charge in [-0.05, 0) is 91.8 Å². The van der Waals surface area contributed by atoms with Crippen LogP contribution in [-0.4, -0.2) is 74.5 Å². The minimum absolute atomic E-state index is 0.0359. The third kappa shape index (κ3) is 7.83. The van der Waals surface area contributed by atoms with Crippen molar-refractivity contribution < 1.29 is 19.1 Å². The Bertz CT molecular complexity index is 1050. The summed E-state index contributed by atoms with van der Waals surface area (Å²) in [6.07, 6.45) is 5.91. The maximum Gasteiger partial charge on any atom is 0.350 e. The Kier molecular flexibility index (Phi) is 10.4. The molecular weight excluding hydrogens is 498 g/mol. The molecule has 0 bridgehead atoms. The van der Waals surface area contributed by atoms with Crippen molar-refractivity contribution in [1.29, 1.82) is 0 Å². The average molecular weight is 544 g/mol. The molecule has 1 saturated heterocycles. The lowest BCUT2D eigenvalue weighted by Crippen LogP contribution is -2.53. The molecule has 1 aliphatic heterocycles. The summed E-state index contributed by atoms with van der Waals surface area (Å²) < 4.78 is 5.13. The number of likely N-dealkylation sites (N-methyl/N-ethyl adjacent to an activating group) is 1. The molecule has 8 heteroatoms. The number of anilines is 1. The van der Waals surface area contributed by atoms with Gasteiger partial charge in [0.15, 0.2) is 0 Å². The predicted molar refractivity (Wildman–Crippen MR) is 153 cm³/mol. The van der Waals surface area contributed by atoms with Crippen molar-refractivity contribution in [2.24, 2.45) is 17.3 Å². The van der Waals surface area contributed by atoms with Gasteiger partial charge in [0.1, 0.15) is 10.9 Å². The predicted octanol–water partition coefficient (Wildman–Crippen LogP) is 5.03. The molecule has 7 nitrogen and oxygen atoms in total. The number of thiophene rings is 1. The summed E-state index contributed by atoms with van der Waals surface area (Å²) in [6.45, 7) is 10.4. The van der Waals surface area contributed by atoms with E-state index >= 15 is 0 Å². The lowest BCUT2D eigenvalue weighted by molar-refractivity contribution is -0.135. The molecule has 2 aliphatic rings. The summed E-state index contributed by atoms with van der Waals surface area (Å²) in [7, 11) is 5.34. The highest BCUT2D eigenvalue weighted by Gasteiger charge is 2.41. The van der Waals surface area contributed by atoms with Crippen LogP contribution in [0.25, 0.3) is 0 Å². The molecule has 1 saturated carbocycles. The molecule has 1 unspecified atom stereocenters. The van der Waals surface area contributed by atoms with Crippen LogP contribution in [0.1, 0.15) is 87.2 Å². The van der Waals surface area contributed by atoms with Gasteiger partial charge in [0.05, 0.1) is 17.7 Å². The number of ether oxygens (including phenoxy) is 1. The number of hydrogen-bond donors (Lipinski definition) is 0. The van der Waals surface area contributed by atoms with Crippen LogP contribution >= 0.6 is 11.3 Å². The van der Waals surface area contributed by atoms with E-state index in [9.17, 15) is 14.4 Å². The molecule has 38 heavy (non-hydrogen) atoms. The third-order valence-electron chi connectivity index (χ3n) is 7.39. The van der Waals surface area contributed by atoms with Crippen LogP contribution in [0.2, 0.25) is 0 Å². The van der Waals surface area contributed by atoms with Crippen LogP contribution in [0.15, 0.2) is 6.07 Å². The first-order valence-corrected chi connectivity index (χ1v) is 14.7. The topological polar surface area (TPSA) is 70.2 Å². The van der Waals surface area contributed by atoms with E-state index in [2.05, 4.69) is 23.7 Å². The zero-order valence-corrected chi connectivity index (χ0v) is 25.1. The van der Waals surface area contributed by atoms with E-state index in [1.54, 1.807) is 4.90 Å². The van der Waals surface area contributed by atoms with Crippen molar-refractivity contribution >= 4 is 34.8 Å². The fourth-order valence-corrected chi connectivity index (χ4v) is 6.04. The van der Waals surface area contributed by atoms with Gasteiger partial charge in [0, 0.05) is 31.0 Å². The molecule has 1 aromatic rings. The zero-order chi connectivity index (χ0) is 28.0. The summed E-state index contributed by atoms with van der Waals surface area (Å²) in [5, 5.41) is 0.